The predicted octanol–water partition coefficient (Wildman–Crippen LogP) is 3.81. The molecule has 1 aromatic carbocycles. The number of nitrogens with one attached hydrogen (secondary N) is 1. The molecule has 2 heterocycles. The summed E-state index contributed by atoms with van der Waals surface area (Å²) < 4.78 is 26.6. The zero-order valence-electron chi connectivity index (χ0n) is 14.7. The van der Waals surface area contributed by atoms with Gasteiger partial charge in [-0.1, -0.05) is 0 Å². The second-order valence-electron chi connectivity index (χ2n) is 6.01. The van der Waals surface area contributed by atoms with Gasteiger partial charge in [-0.3, -0.25) is 9.78 Å². The summed E-state index contributed by atoms with van der Waals surface area (Å²) in [6, 6.07) is 10.3. The van der Waals surface area contributed by atoms with Crippen molar-refractivity contribution in [3.05, 3.63) is 83.9 Å². The first-order chi connectivity index (χ1) is 13.0. The van der Waals surface area contributed by atoms with Gasteiger partial charge in [-0.15, -0.1) is 0 Å². The van der Waals surface area contributed by atoms with Crippen LogP contribution in [0.2, 0.25) is 0 Å². The second kappa shape index (κ2) is 8.35. The van der Waals surface area contributed by atoms with Crippen LogP contribution in [0.1, 0.15) is 16.1 Å². The Morgan fingerprint density at radius 3 is 2.56 bits per heavy atom. The fourth-order valence-electron chi connectivity index (χ4n) is 2.48. The van der Waals surface area contributed by atoms with Crippen LogP contribution in [0.4, 0.5) is 20.2 Å². The number of benzene rings is 1. The van der Waals surface area contributed by atoms with Gasteiger partial charge in [-0.2, -0.15) is 0 Å². The molecule has 0 aliphatic rings. The summed E-state index contributed by atoms with van der Waals surface area (Å²) in [6.45, 7) is 0.547. The summed E-state index contributed by atoms with van der Waals surface area (Å²) in [5.41, 5.74) is 2.01. The first-order valence-corrected chi connectivity index (χ1v) is 8.35. The van der Waals surface area contributed by atoms with E-state index in [-0.39, 0.29) is 17.3 Å². The van der Waals surface area contributed by atoms with Crippen molar-refractivity contribution in [2.45, 2.75) is 6.42 Å². The molecule has 0 radical (unpaired) electrons. The summed E-state index contributed by atoms with van der Waals surface area (Å²) >= 11 is 0. The molecule has 5 nitrogen and oxygen atoms in total. The van der Waals surface area contributed by atoms with E-state index in [1.165, 1.54) is 12.3 Å². The number of rotatable bonds is 6. The van der Waals surface area contributed by atoms with E-state index in [1.807, 2.05) is 12.1 Å². The molecule has 0 saturated heterocycles. The molecule has 3 rings (SSSR count). The van der Waals surface area contributed by atoms with Gasteiger partial charge < -0.3 is 10.2 Å². The van der Waals surface area contributed by atoms with E-state index >= 15 is 0 Å². The van der Waals surface area contributed by atoms with Crippen molar-refractivity contribution in [3.63, 3.8) is 0 Å². The third kappa shape index (κ3) is 4.84. The van der Waals surface area contributed by atoms with Crippen molar-refractivity contribution in [1.82, 2.24) is 14.9 Å². The molecule has 0 fully saturated rings. The first kappa shape index (κ1) is 18.4. The Morgan fingerprint density at radius 2 is 1.89 bits per heavy atom. The Labute approximate surface area is 155 Å². The average Bonchev–Trinajstić information content (AvgIpc) is 2.69. The van der Waals surface area contributed by atoms with Crippen LogP contribution in [0, 0.1) is 11.6 Å². The van der Waals surface area contributed by atoms with E-state index in [4.69, 9.17) is 0 Å². The minimum Gasteiger partial charge on any atom is -0.352 e. The van der Waals surface area contributed by atoms with Crippen molar-refractivity contribution in [2.24, 2.45) is 0 Å². The summed E-state index contributed by atoms with van der Waals surface area (Å²) in [6.07, 6.45) is 5.59. The molecule has 1 amide bonds. The van der Waals surface area contributed by atoms with Gasteiger partial charge in [-0.05, 0) is 48.4 Å². The zero-order valence-corrected chi connectivity index (χ0v) is 14.7. The van der Waals surface area contributed by atoms with Gasteiger partial charge in [0.1, 0.15) is 17.3 Å². The quantitative estimate of drug-likeness (QED) is 0.719. The molecule has 138 valence electrons. The third-order valence-corrected chi connectivity index (χ3v) is 4.02. The number of nitrogens with zero attached hydrogens (tertiary/aromatic N) is 3. The van der Waals surface area contributed by atoms with Crippen LogP contribution in [0.25, 0.3) is 0 Å². The number of carbonyl (C=O) groups excluding carboxylic acids is 1. The van der Waals surface area contributed by atoms with Crippen LogP contribution in [0.15, 0.2) is 61.1 Å². The number of likely N-dealkylation sites (N-methyl/N-ethyl adjacent to an activating group) is 1. The van der Waals surface area contributed by atoms with E-state index < -0.39 is 11.6 Å². The van der Waals surface area contributed by atoms with E-state index in [0.717, 1.165) is 17.7 Å². The highest BCUT2D eigenvalue weighted by Gasteiger charge is 2.13. The molecule has 0 atom stereocenters. The molecule has 0 unspecified atom stereocenters. The van der Waals surface area contributed by atoms with Crippen LogP contribution in [-0.2, 0) is 6.42 Å². The van der Waals surface area contributed by atoms with Crippen molar-refractivity contribution < 1.29 is 13.6 Å². The number of halogens is 2. The van der Waals surface area contributed by atoms with Gasteiger partial charge in [-0.25, -0.2) is 13.8 Å². The number of aromatic nitrogens is 2. The maximum absolute atomic E-state index is 13.7. The Hall–Kier alpha value is -3.35. The molecule has 1 N–H and O–H groups in total. The number of carbonyl (C=O) groups is 1. The highest BCUT2D eigenvalue weighted by Crippen LogP contribution is 2.20. The molecule has 0 saturated carbocycles. The van der Waals surface area contributed by atoms with Crippen molar-refractivity contribution in [1.29, 1.82) is 0 Å². The molecule has 27 heavy (non-hydrogen) atoms. The Kier molecular flexibility index (Phi) is 5.71. The SMILES string of the molecule is CN(CCc1ccncc1)C(=O)c1ccc(Nc2ccc(F)cc2F)cn1. The van der Waals surface area contributed by atoms with Crippen LogP contribution in [0.5, 0.6) is 0 Å². The van der Waals surface area contributed by atoms with Gasteiger partial charge >= 0.3 is 0 Å². The summed E-state index contributed by atoms with van der Waals surface area (Å²) in [5, 5.41) is 2.81. The molecular formula is C20H18F2N4O. The second-order valence-corrected chi connectivity index (χ2v) is 6.01. The van der Waals surface area contributed by atoms with Gasteiger partial charge in [0.2, 0.25) is 0 Å². The maximum Gasteiger partial charge on any atom is 0.272 e. The number of hydrogen-bond donors (Lipinski definition) is 1. The standard InChI is InChI=1S/C20H18F2N4O/c1-26(11-8-14-6-9-23-10-7-14)20(27)19-5-3-16(13-24-19)25-18-4-2-15(21)12-17(18)22/h2-7,9-10,12-13,25H,8,11H2,1H3. The average molecular weight is 368 g/mol. The van der Waals surface area contributed by atoms with E-state index in [2.05, 4.69) is 15.3 Å². The van der Waals surface area contributed by atoms with Crippen molar-refractivity contribution >= 4 is 17.3 Å². The molecule has 0 spiro atoms. The number of anilines is 2. The maximum atomic E-state index is 13.7. The lowest BCUT2D eigenvalue weighted by Gasteiger charge is -2.17. The molecular weight excluding hydrogens is 350 g/mol. The third-order valence-electron chi connectivity index (χ3n) is 4.02. The molecule has 2 aromatic heterocycles. The molecule has 3 aromatic rings. The largest absolute Gasteiger partial charge is 0.352 e. The molecule has 7 heteroatoms. The normalized spacial score (nSPS) is 10.5. The van der Waals surface area contributed by atoms with Gasteiger partial charge in [0, 0.05) is 32.1 Å². The number of hydrogen-bond acceptors (Lipinski definition) is 4. The van der Waals surface area contributed by atoms with Crippen LogP contribution in [0.3, 0.4) is 0 Å². The van der Waals surface area contributed by atoms with Gasteiger partial charge in [0.15, 0.2) is 0 Å². The highest BCUT2D eigenvalue weighted by molar-refractivity contribution is 5.92. The van der Waals surface area contributed by atoms with Crippen molar-refractivity contribution in [2.75, 3.05) is 18.9 Å². The first-order valence-electron chi connectivity index (χ1n) is 8.35. The van der Waals surface area contributed by atoms with Crippen LogP contribution >= 0.6 is 0 Å². The number of pyridine rings is 2. The fraction of sp³-hybridized carbons (Fsp3) is 0.150. The summed E-state index contributed by atoms with van der Waals surface area (Å²) in [4.78, 5) is 22.2. The molecule has 0 aliphatic carbocycles. The minimum absolute atomic E-state index is 0.131. The highest BCUT2D eigenvalue weighted by atomic mass is 19.1. The van der Waals surface area contributed by atoms with Crippen LogP contribution < -0.4 is 5.32 Å². The zero-order chi connectivity index (χ0) is 19.2. The lowest BCUT2D eigenvalue weighted by molar-refractivity contribution is 0.0791. The summed E-state index contributed by atoms with van der Waals surface area (Å²) in [7, 11) is 1.71. The van der Waals surface area contributed by atoms with Crippen LogP contribution in [-0.4, -0.2) is 34.4 Å². The Balaban J connectivity index is 1.61. The fourth-order valence-corrected chi connectivity index (χ4v) is 2.48. The van der Waals surface area contributed by atoms with Gasteiger partial charge in [0.05, 0.1) is 17.6 Å². The van der Waals surface area contributed by atoms with E-state index in [1.54, 1.807) is 36.5 Å². The predicted molar refractivity (Wildman–Crippen MR) is 98.8 cm³/mol. The lowest BCUT2D eigenvalue weighted by Crippen LogP contribution is -2.29. The molecule has 0 bridgehead atoms. The van der Waals surface area contributed by atoms with Crippen molar-refractivity contribution in [3.8, 4) is 0 Å². The Morgan fingerprint density at radius 1 is 1.11 bits per heavy atom. The topological polar surface area (TPSA) is 58.1 Å². The lowest BCUT2D eigenvalue weighted by atomic mass is 10.2. The van der Waals surface area contributed by atoms with Gasteiger partial charge in [0.25, 0.3) is 5.91 Å². The smallest absolute Gasteiger partial charge is 0.272 e. The minimum atomic E-state index is -0.703. The molecule has 0 aliphatic heterocycles. The van der Waals surface area contributed by atoms with E-state index in [0.29, 0.717) is 18.7 Å². The van der Waals surface area contributed by atoms with E-state index in [9.17, 15) is 13.6 Å². The summed E-state index contributed by atoms with van der Waals surface area (Å²) in [5.74, 6) is -1.55. The number of amides is 1. The Bertz CT molecular complexity index is 917. The monoisotopic (exact) mass is 368 g/mol.